The molecule has 1 atom stereocenters. The highest BCUT2D eigenvalue weighted by Gasteiger charge is 2.05. The van der Waals surface area contributed by atoms with Gasteiger partial charge >= 0.3 is 0 Å². The molecule has 0 spiro atoms. The molecule has 0 aliphatic heterocycles. The third-order valence-electron chi connectivity index (χ3n) is 2.41. The Hall–Kier alpha value is -0.510. The van der Waals surface area contributed by atoms with E-state index in [0.717, 1.165) is 5.75 Å². The monoisotopic (exact) mass is 226 g/mol. The summed E-state index contributed by atoms with van der Waals surface area (Å²) in [6.07, 6.45) is -0.598. The first-order valence-corrected chi connectivity index (χ1v) is 6.22. The van der Waals surface area contributed by atoms with Crippen molar-refractivity contribution in [2.24, 2.45) is 0 Å². The normalized spacial score (nSPS) is 12.8. The number of hydrogen-bond acceptors (Lipinski definition) is 3. The van der Waals surface area contributed by atoms with Crippen molar-refractivity contribution in [3.8, 4) is 0 Å². The highest BCUT2D eigenvalue weighted by Crippen LogP contribution is 2.20. The van der Waals surface area contributed by atoms with E-state index in [-0.39, 0.29) is 6.61 Å². The van der Waals surface area contributed by atoms with Gasteiger partial charge in [-0.1, -0.05) is 18.2 Å². The number of aliphatic hydroxyl groups is 2. The number of rotatable bonds is 5. The molecule has 2 N–H and O–H groups in total. The van der Waals surface area contributed by atoms with Gasteiger partial charge in [0.25, 0.3) is 0 Å². The van der Waals surface area contributed by atoms with E-state index in [1.165, 1.54) is 16.7 Å². The van der Waals surface area contributed by atoms with Crippen LogP contribution in [0.25, 0.3) is 0 Å². The molecule has 1 rings (SSSR count). The van der Waals surface area contributed by atoms with Gasteiger partial charge in [0, 0.05) is 11.5 Å². The smallest absolute Gasteiger partial charge is 0.0861 e. The zero-order valence-electron chi connectivity index (χ0n) is 9.23. The standard InChI is InChI=1S/C12H18O2S/c1-9-4-3-5-10(2)12(9)8-15-7-11(14)6-13/h3-5,11,13-14H,6-8H2,1-2H3/t11-/m0/s1. The molecule has 0 saturated carbocycles. The molecule has 0 saturated heterocycles. The molecule has 0 aliphatic rings. The molecular formula is C12H18O2S. The first-order valence-electron chi connectivity index (χ1n) is 5.07. The first kappa shape index (κ1) is 12.6. The maximum absolute atomic E-state index is 9.20. The van der Waals surface area contributed by atoms with Gasteiger partial charge < -0.3 is 10.2 Å². The van der Waals surface area contributed by atoms with Crippen molar-refractivity contribution in [1.29, 1.82) is 0 Å². The summed E-state index contributed by atoms with van der Waals surface area (Å²) in [6.45, 7) is 4.05. The Morgan fingerprint density at radius 1 is 1.27 bits per heavy atom. The molecule has 0 aromatic heterocycles. The Labute approximate surface area is 95.3 Å². The van der Waals surface area contributed by atoms with Gasteiger partial charge in [0.05, 0.1) is 12.7 Å². The van der Waals surface area contributed by atoms with E-state index >= 15 is 0 Å². The van der Waals surface area contributed by atoms with Crippen LogP contribution in [-0.2, 0) is 5.75 Å². The second kappa shape index (κ2) is 6.16. The Balaban J connectivity index is 2.50. The van der Waals surface area contributed by atoms with Crippen molar-refractivity contribution in [3.05, 3.63) is 34.9 Å². The highest BCUT2D eigenvalue weighted by atomic mass is 32.2. The van der Waals surface area contributed by atoms with Crippen LogP contribution in [0.1, 0.15) is 16.7 Å². The van der Waals surface area contributed by atoms with Crippen LogP contribution in [0.15, 0.2) is 18.2 Å². The van der Waals surface area contributed by atoms with Crippen LogP contribution in [0.5, 0.6) is 0 Å². The molecule has 15 heavy (non-hydrogen) atoms. The maximum atomic E-state index is 9.20. The number of aryl methyl sites for hydroxylation is 2. The topological polar surface area (TPSA) is 40.5 Å². The summed E-state index contributed by atoms with van der Waals surface area (Å²) in [7, 11) is 0. The fourth-order valence-electron chi connectivity index (χ4n) is 1.43. The van der Waals surface area contributed by atoms with Crippen LogP contribution < -0.4 is 0 Å². The molecule has 0 radical (unpaired) electrons. The van der Waals surface area contributed by atoms with Gasteiger partial charge in [-0.2, -0.15) is 11.8 Å². The van der Waals surface area contributed by atoms with Gasteiger partial charge in [0.1, 0.15) is 0 Å². The van der Waals surface area contributed by atoms with E-state index in [1.807, 2.05) is 0 Å². The summed E-state index contributed by atoms with van der Waals surface area (Å²) in [4.78, 5) is 0. The minimum absolute atomic E-state index is 0.153. The first-order chi connectivity index (χ1) is 7.15. The van der Waals surface area contributed by atoms with Crippen LogP contribution >= 0.6 is 11.8 Å². The quantitative estimate of drug-likeness (QED) is 0.805. The van der Waals surface area contributed by atoms with Crippen LogP contribution in [0, 0.1) is 13.8 Å². The predicted molar refractivity (Wildman–Crippen MR) is 65.2 cm³/mol. The van der Waals surface area contributed by atoms with E-state index < -0.39 is 6.10 Å². The average Bonchev–Trinajstić information content (AvgIpc) is 2.22. The van der Waals surface area contributed by atoms with E-state index in [0.29, 0.717) is 5.75 Å². The molecule has 0 fully saturated rings. The molecule has 0 aliphatic carbocycles. The SMILES string of the molecule is Cc1cccc(C)c1CSC[C@@H](O)CO. The molecule has 0 unspecified atom stereocenters. The van der Waals surface area contributed by atoms with Crippen LogP contribution in [-0.4, -0.2) is 28.7 Å². The summed E-state index contributed by atoms with van der Waals surface area (Å²) >= 11 is 1.66. The second-order valence-electron chi connectivity index (χ2n) is 3.72. The minimum atomic E-state index is -0.598. The predicted octanol–water partition coefficient (Wildman–Crippen LogP) is 1.89. The fourth-order valence-corrected chi connectivity index (χ4v) is 2.58. The van der Waals surface area contributed by atoms with E-state index in [9.17, 15) is 5.11 Å². The van der Waals surface area contributed by atoms with Crippen molar-refractivity contribution in [2.45, 2.75) is 25.7 Å². The van der Waals surface area contributed by atoms with Crippen LogP contribution in [0.4, 0.5) is 0 Å². The highest BCUT2D eigenvalue weighted by molar-refractivity contribution is 7.98. The van der Waals surface area contributed by atoms with Gasteiger partial charge in [-0.05, 0) is 30.5 Å². The number of thioether (sulfide) groups is 1. The summed E-state index contributed by atoms with van der Waals surface area (Å²) < 4.78 is 0. The Morgan fingerprint density at radius 3 is 2.40 bits per heavy atom. The molecule has 84 valence electrons. The van der Waals surface area contributed by atoms with Crippen molar-refractivity contribution in [1.82, 2.24) is 0 Å². The number of aliphatic hydroxyl groups excluding tert-OH is 2. The molecule has 0 heterocycles. The molecule has 2 nitrogen and oxygen atoms in total. The van der Waals surface area contributed by atoms with Gasteiger partial charge in [0.2, 0.25) is 0 Å². The molecule has 1 aromatic rings. The van der Waals surface area contributed by atoms with E-state index in [1.54, 1.807) is 11.8 Å². The summed E-state index contributed by atoms with van der Waals surface area (Å²) in [5.74, 6) is 1.49. The Bertz CT molecular complexity index is 292. The van der Waals surface area contributed by atoms with Gasteiger partial charge in [0.15, 0.2) is 0 Å². The fraction of sp³-hybridized carbons (Fsp3) is 0.500. The zero-order chi connectivity index (χ0) is 11.3. The molecule has 3 heteroatoms. The van der Waals surface area contributed by atoms with Crippen LogP contribution in [0.2, 0.25) is 0 Å². The average molecular weight is 226 g/mol. The second-order valence-corrected chi connectivity index (χ2v) is 4.75. The van der Waals surface area contributed by atoms with Gasteiger partial charge in [-0.3, -0.25) is 0 Å². The zero-order valence-corrected chi connectivity index (χ0v) is 10.0. The minimum Gasteiger partial charge on any atom is -0.394 e. The third-order valence-corrected chi connectivity index (χ3v) is 3.53. The van der Waals surface area contributed by atoms with Gasteiger partial charge in [-0.25, -0.2) is 0 Å². The van der Waals surface area contributed by atoms with E-state index in [2.05, 4.69) is 32.0 Å². The maximum Gasteiger partial charge on any atom is 0.0861 e. The van der Waals surface area contributed by atoms with Crippen molar-refractivity contribution in [3.63, 3.8) is 0 Å². The molecule has 0 bridgehead atoms. The van der Waals surface area contributed by atoms with Crippen LogP contribution in [0.3, 0.4) is 0 Å². The Morgan fingerprint density at radius 2 is 1.87 bits per heavy atom. The lowest BCUT2D eigenvalue weighted by molar-refractivity contribution is 0.113. The number of benzene rings is 1. The summed E-state index contributed by atoms with van der Waals surface area (Å²) in [6, 6.07) is 6.26. The molecule has 1 aromatic carbocycles. The largest absolute Gasteiger partial charge is 0.394 e. The number of hydrogen-bond donors (Lipinski definition) is 2. The van der Waals surface area contributed by atoms with E-state index in [4.69, 9.17) is 5.11 Å². The third kappa shape index (κ3) is 3.86. The van der Waals surface area contributed by atoms with Crippen molar-refractivity contribution < 1.29 is 10.2 Å². The van der Waals surface area contributed by atoms with Crippen molar-refractivity contribution >= 4 is 11.8 Å². The summed E-state index contributed by atoms with van der Waals surface area (Å²) in [5, 5.41) is 17.9. The molecular weight excluding hydrogens is 208 g/mol. The lowest BCUT2D eigenvalue weighted by Crippen LogP contribution is -2.14. The lowest BCUT2D eigenvalue weighted by Gasteiger charge is -2.10. The molecule has 0 amide bonds. The van der Waals surface area contributed by atoms with Crippen molar-refractivity contribution in [2.75, 3.05) is 12.4 Å². The Kier molecular flexibility index (Phi) is 5.15. The summed E-state index contributed by atoms with van der Waals surface area (Å²) in [5.41, 5.74) is 3.93. The lowest BCUT2D eigenvalue weighted by atomic mass is 10.1. The van der Waals surface area contributed by atoms with Gasteiger partial charge in [-0.15, -0.1) is 0 Å².